The molecule has 0 aliphatic heterocycles. The molecule has 0 unspecified atom stereocenters. The van der Waals surface area contributed by atoms with Crippen LogP contribution in [0, 0.1) is 11.6 Å². The third kappa shape index (κ3) is 2.94. The zero-order valence-corrected chi connectivity index (χ0v) is 9.45. The number of hydrogen-bond acceptors (Lipinski definition) is 2. The van der Waals surface area contributed by atoms with E-state index in [1.807, 2.05) is 0 Å². The number of nitrogens with one attached hydrogen (secondary N) is 1. The molecule has 1 heterocycles. The van der Waals surface area contributed by atoms with Crippen LogP contribution in [0.1, 0.15) is 16.1 Å². The number of hydrogen-bond donors (Lipinski definition) is 1. The highest BCUT2D eigenvalue weighted by molar-refractivity contribution is 5.91. The van der Waals surface area contributed by atoms with E-state index in [9.17, 15) is 13.6 Å². The molecule has 0 saturated heterocycles. The van der Waals surface area contributed by atoms with E-state index in [-0.39, 0.29) is 30.2 Å². The van der Waals surface area contributed by atoms with Crippen molar-refractivity contribution in [2.24, 2.45) is 0 Å². The minimum absolute atomic E-state index is 0.190. The summed E-state index contributed by atoms with van der Waals surface area (Å²) in [6, 6.07) is 6.37. The van der Waals surface area contributed by atoms with Crippen molar-refractivity contribution in [2.75, 3.05) is 6.54 Å². The topological polar surface area (TPSA) is 42.2 Å². The largest absolute Gasteiger partial charge is 0.459 e. The molecule has 94 valence electrons. The Hall–Kier alpha value is -2.17. The zero-order valence-electron chi connectivity index (χ0n) is 9.45. The van der Waals surface area contributed by atoms with Crippen molar-refractivity contribution in [2.45, 2.75) is 6.42 Å². The lowest BCUT2D eigenvalue weighted by molar-refractivity contribution is 0.0926. The predicted octanol–water partition coefficient (Wildman–Crippen LogP) is 2.53. The van der Waals surface area contributed by atoms with Crippen LogP contribution >= 0.6 is 0 Å². The number of halogens is 2. The van der Waals surface area contributed by atoms with E-state index in [1.165, 1.54) is 12.3 Å². The van der Waals surface area contributed by atoms with Gasteiger partial charge in [-0.25, -0.2) is 8.78 Å². The molecule has 1 aromatic carbocycles. The lowest BCUT2D eigenvalue weighted by Crippen LogP contribution is -2.25. The van der Waals surface area contributed by atoms with Crippen molar-refractivity contribution >= 4 is 5.91 Å². The van der Waals surface area contributed by atoms with E-state index in [0.717, 1.165) is 18.2 Å². The van der Waals surface area contributed by atoms with Gasteiger partial charge in [-0.15, -0.1) is 0 Å². The van der Waals surface area contributed by atoms with Crippen LogP contribution in [0.25, 0.3) is 0 Å². The van der Waals surface area contributed by atoms with E-state index < -0.39 is 11.6 Å². The van der Waals surface area contributed by atoms with E-state index in [4.69, 9.17) is 4.42 Å². The summed E-state index contributed by atoms with van der Waals surface area (Å²) in [7, 11) is 0. The van der Waals surface area contributed by atoms with Crippen molar-refractivity contribution in [3.8, 4) is 0 Å². The fourth-order valence-electron chi connectivity index (χ4n) is 1.54. The van der Waals surface area contributed by atoms with Crippen molar-refractivity contribution in [1.29, 1.82) is 0 Å². The lowest BCUT2D eigenvalue weighted by atomic mass is 10.1. The Morgan fingerprint density at radius 2 is 2.11 bits per heavy atom. The zero-order chi connectivity index (χ0) is 13.0. The Bertz CT molecular complexity index is 538. The SMILES string of the molecule is O=C(NCCc1cc(F)ccc1F)c1ccco1. The Balaban J connectivity index is 1.89. The molecule has 1 N–H and O–H groups in total. The van der Waals surface area contributed by atoms with Crippen molar-refractivity contribution in [3.05, 3.63) is 59.6 Å². The Kier molecular flexibility index (Phi) is 3.72. The summed E-state index contributed by atoms with van der Waals surface area (Å²) < 4.78 is 31.1. The van der Waals surface area contributed by atoms with Gasteiger partial charge in [-0.2, -0.15) is 0 Å². The average molecular weight is 251 g/mol. The number of carbonyl (C=O) groups is 1. The van der Waals surface area contributed by atoms with Crippen LogP contribution in [0.15, 0.2) is 41.0 Å². The lowest BCUT2D eigenvalue weighted by Gasteiger charge is -2.05. The van der Waals surface area contributed by atoms with Crippen LogP contribution in [-0.4, -0.2) is 12.5 Å². The molecule has 5 heteroatoms. The van der Waals surface area contributed by atoms with E-state index in [0.29, 0.717) is 0 Å². The third-order valence-corrected chi connectivity index (χ3v) is 2.43. The number of amides is 1. The van der Waals surface area contributed by atoms with Crippen LogP contribution < -0.4 is 5.32 Å². The molecular formula is C13H11F2NO2. The van der Waals surface area contributed by atoms with Gasteiger partial charge in [0, 0.05) is 6.54 Å². The molecule has 0 aliphatic carbocycles. The van der Waals surface area contributed by atoms with Crippen LogP contribution in [-0.2, 0) is 6.42 Å². The van der Waals surface area contributed by atoms with Gasteiger partial charge in [0.2, 0.25) is 0 Å². The summed E-state index contributed by atoms with van der Waals surface area (Å²) in [6.45, 7) is 0.208. The molecule has 0 fully saturated rings. The molecule has 0 bridgehead atoms. The molecule has 3 nitrogen and oxygen atoms in total. The first-order valence-electron chi connectivity index (χ1n) is 5.42. The first kappa shape index (κ1) is 12.3. The fraction of sp³-hybridized carbons (Fsp3) is 0.154. The maximum Gasteiger partial charge on any atom is 0.286 e. The first-order chi connectivity index (χ1) is 8.66. The summed E-state index contributed by atoms with van der Waals surface area (Å²) in [5.41, 5.74) is 0.231. The second kappa shape index (κ2) is 5.44. The highest BCUT2D eigenvalue weighted by atomic mass is 19.1. The number of furan rings is 1. The minimum atomic E-state index is -0.497. The molecule has 0 radical (unpaired) electrons. The number of benzene rings is 1. The van der Waals surface area contributed by atoms with Gasteiger partial charge in [0.05, 0.1) is 6.26 Å². The summed E-state index contributed by atoms with van der Waals surface area (Å²) in [4.78, 5) is 11.5. The maximum atomic E-state index is 13.3. The average Bonchev–Trinajstić information content (AvgIpc) is 2.87. The summed E-state index contributed by atoms with van der Waals surface area (Å²) in [5, 5.41) is 2.56. The van der Waals surface area contributed by atoms with Gasteiger partial charge in [0.15, 0.2) is 5.76 Å². The molecular weight excluding hydrogens is 240 g/mol. The van der Waals surface area contributed by atoms with Crippen LogP contribution in [0.2, 0.25) is 0 Å². The molecule has 1 amide bonds. The summed E-state index contributed by atoms with van der Waals surface area (Å²) in [5.74, 6) is -1.17. The smallest absolute Gasteiger partial charge is 0.286 e. The number of rotatable bonds is 4. The Morgan fingerprint density at radius 3 is 2.83 bits per heavy atom. The monoisotopic (exact) mass is 251 g/mol. The quantitative estimate of drug-likeness (QED) is 0.907. The molecule has 1 aromatic heterocycles. The van der Waals surface area contributed by atoms with Gasteiger partial charge >= 0.3 is 0 Å². The summed E-state index contributed by atoms with van der Waals surface area (Å²) >= 11 is 0. The second-order valence-electron chi connectivity index (χ2n) is 3.72. The van der Waals surface area contributed by atoms with Gasteiger partial charge in [-0.05, 0) is 42.3 Å². The first-order valence-corrected chi connectivity index (χ1v) is 5.42. The normalized spacial score (nSPS) is 10.3. The van der Waals surface area contributed by atoms with Crippen molar-refractivity contribution in [1.82, 2.24) is 5.32 Å². The van der Waals surface area contributed by atoms with Gasteiger partial charge in [0.25, 0.3) is 5.91 Å². The molecule has 0 atom stereocenters. The molecule has 0 aliphatic rings. The van der Waals surface area contributed by atoms with Gasteiger partial charge in [0.1, 0.15) is 11.6 Å². The van der Waals surface area contributed by atoms with Gasteiger partial charge in [-0.1, -0.05) is 0 Å². The van der Waals surface area contributed by atoms with Crippen LogP contribution in [0.4, 0.5) is 8.78 Å². The van der Waals surface area contributed by atoms with Gasteiger partial charge in [-0.3, -0.25) is 4.79 Å². The number of carbonyl (C=O) groups excluding carboxylic acids is 1. The van der Waals surface area contributed by atoms with E-state index in [2.05, 4.69) is 5.32 Å². The second-order valence-corrected chi connectivity index (χ2v) is 3.72. The third-order valence-electron chi connectivity index (χ3n) is 2.43. The van der Waals surface area contributed by atoms with Crippen molar-refractivity contribution < 1.29 is 18.0 Å². The van der Waals surface area contributed by atoms with Crippen molar-refractivity contribution in [3.63, 3.8) is 0 Å². The highest BCUT2D eigenvalue weighted by Crippen LogP contribution is 2.10. The predicted molar refractivity (Wildman–Crippen MR) is 61.1 cm³/mol. The standard InChI is InChI=1S/C13H11F2NO2/c14-10-3-4-11(15)9(8-10)5-6-16-13(17)12-2-1-7-18-12/h1-4,7-8H,5-6H2,(H,16,17). The van der Waals surface area contributed by atoms with E-state index in [1.54, 1.807) is 6.07 Å². The minimum Gasteiger partial charge on any atom is -0.459 e. The molecule has 0 spiro atoms. The van der Waals surface area contributed by atoms with Crippen LogP contribution in [0.5, 0.6) is 0 Å². The molecule has 0 saturated carbocycles. The molecule has 2 rings (SSSR count). The Morgan fingerprint density at radius 1 is 1.28 bits per heavy atom. The Labute approximate surface area is 102 Å². The van der Waals surface area contributed by atoms with Gasteiger partial charge < -0.3 is 9.73 Å². The summed E-state index contributed by atoms with van der Waals surface area (Å²) in [6.07, 6.45) is 1.61. The molecule has 18 heavy (non-hydrogen) atoms. The fourth-order valence-corrected chi connectivity index (χ4v) is 1.54. The highest BCUT2D eigenvalue weighted by Gasteiger charge is 2.08. The van der Waals surface area contributed by atoms with E-state index >= 15 is 0 Å². The maximum absolute atomic E-state index is 13.3. The molecule has 2 aromatic rings. The van der Waals surface area contributed by atoms with Crippen LogP contribution in [0.3, 0.4) is 0 Å².